The molecule has 1 saturated heterocycles. The maximum atomic E-state index is 13.2. The number of likely N-dealkylation sites (tertiary alicyclic amines) is 1. The van der Waals surface area contributed by atoms with Crippen molar-refractivity contribution in [1.82, 2.24) is 4.90 Å². The molecular formula is C22H30ClN3O4. The van der Waals surface area contributed by atoms with E-state index in [1.807, 2.05) is 13.0 Å². The third-order valence-corrected chi connectivity index (χ3v) is 6.07. The average molecular weight is 436 g/mol. The number of anilines is 1. The van der Waals surface area contributed by atoms with E-state index < -0.39 is 22.7 Å². The molecule has 2 aliphatic rings. The van der Waals surface area contributed by atoms with Gasteiger partial charge in [0.1, 0.15) is 11.4 Å². The molecule has 1 heterocycles. The van der Waals surface area contributed by atoms with Crippen LogP contribution < -0.4 is 5.73 Å². The topological polar surface area (TPSA) is 105 Å². The fourth-order valence-corrected chi connectivity index (χ4v) is 4.66. The van der Waals surface area contributed by atoms with Crippen molar-refractivity contribution in [2.45, 2.75) is 83.0 Å². The Hall–Kier alpha value is -2.12. The Morgan fingerprint density at radius 3 is 2.50 bits per heavy atom. The summed E-state index contributed by atoms with van der Waals surface area (Å²) in [5.41, 5.74) is 4.97. The van der Waals surface area contributed by atoms with Gasteiger partial charge in [0, 0.05) is 24.3 Å². The molecule has 8 heteroatoms. The van der Waals surface area contributed by atoms with Crippen molar-refractivity contribution in [3.63, 3.8) is 0 Å². The molecule has 1 aliphatic carbocycles. The SMILES string of the molecule is CC1(O)CC(N2C(=O)C[C@@](C)(c3cccc(N)c3Cl)CC2=NC(=O)OC(C)(C)C)C1. The third-order valence-electron chi connectivity index (χ3n) is 5.65. The van der Waals surface area contributed by atoms with Gasteiger partial charge in [0.25, 0.3) is 0 Å². The summed E-state index contributed by atoms with van der Waals surface area (Å²) < 4.78 is 5.35. The molecule has 1 aliphatic heterocycles. The maximum absolute atomic E-state index is 13.2. The van der Waals surface area contributed by atoms with Crippen LogP contribution in [0.15, 0.2) is 23.2 Å². The lowest BCUT2D eigenvalue weighted by molar-refractivity contribution is -0.139. The number of ether oxygens (including phenoxy) is 1. The number of amidine groups is 1. The van der Waals surface area contributed by atoms with Gasteiger partial charge in [0.05, 0.1) is 16.3 Å². The molecule has 0 unspecified atom stereocenters. The van der Waals surface area contributed by atoms with Gasteiger partial charge in [0.15, 0.2) is 0 Å². The number of nitrogens with zero attached hydrogens (tertiary/aromatic N) is 2. The summed E-state index contributed by atoms with van der Waals surface area (Å²) >= 11 is 6.46. The highest BCUT2D eigenvalue weighted by Crippen LogP contribution is 2.45. The first-order chi connectivity index (χ1) is 13.7. The number of hydrogen-bond donors (Lipinski definition) is 2. The minimum absolute atomic E-state index is 0.162. The smallest absolute Gasteiger partial charge is 0.435 e. The molecule has 1 aromatic rings. The van der Waals surface area contributed by atoms with Crippen LogP contribution in [0.1, 0.15) is 65.9 Å². The number of carbonyl (C=O) groups is 2. The number of nitrogen functional groups attached to an aromatic ring is 1. The predicted octanol–water partition coefficient (Wildman–Crippen LogP) is 4.05. The molecule has 2 fully saturated rings. The van der Waals surface area contributed by atoms with Gasteiger partial charge in [-0.1, -0.05) is 30.7 Å². The number of halogens is 1. The van der Waals surface area contributed by atoms with Crippen LogP contribution in [0, 0.1) is 0 Å². The van der Waals surface area contributed by atoms with Crippen molar-refractivity contribution >= 4 is 35.1 Å². The minimum Gasteiger partial charge on any atom is -0.442 e. The summed E-state index contributed by atoms with van der Waals surface area (Å²) in [5.74, 6) is 0.173. The molecule has 1 aromatic carbocycles. The molecule has 164 valence electrons. The van der Waals surface area contributed by atoms with Crippen LogP contribution in [0.3, 0.4) is 0 Å². The fourth-order valence-electron chi connectivity index (χ4n) is 4.30. The van der Waals surface area contributed by atoms with Crippen LogP contribution in [-0.4, -0.2) is 45.1 Å². The maximum Gasteiger partial charge on any atom is 0.435 e. The number of nitrogens with two attached hydrogens (primary N) is 1. The van der Waals surface area contributed by atoms with E-state index in [1.54, 1.807) is 44.7 Å². The van der Waals surface area contributed by atoms with Gasteiger partial charge in [-0.25, -0.2) is 4.79 Å². The second kappa shape index (κ2) is 7.54. The van der Waals surface area contributed by atoms with Crippen molar-refractivity contribution in [3.05, 3.63) is 28.8 Å². The molecule has 0 bridgehead atoms. The minimum atomic E-state index is -0.820. The van der Waals surface area contributed by atoms with Crippen molar-refractivity contribution < 1.29 is 19.4 Å². The molecule has 0 aromatic heterocycles. The van der Waals surface area contributed by atoms with Crippen LogP contribution in [0.25, 0.3) is 0 Å². The summed E-state index contributed by atoms with van der Waals surface area (Å²) in [5, 5.41) is 10.6. The van der Waals surface area contributed by atoms with E-state index in [9.17, 15) is 14.7 Å². The van der Waals surface area contributed by atoms with Crippen LogP contribution >= 0.6 is 11.6 Å². The Labute approximate surface area is 182 Å². The Morgan fingerprint density at radius 1 is 1.30 bits per heavy atom. The van der Waals surface area contributed by atoms with E-state index in [2.05, 4.69) is 4.99 Å². The third kappa shape index (κ3) is 4.62. The van der Waals surface area contributed by atoms with Crippen LogP contribution in [0.5, 0.6) is 0 Å². The largest absolute Gasteiger partial charge is 0.442 e. The highest BCUT2D eigenvalue weighted by atomic mass is 35.5. The van der Waals surface area contributed by atoms with Gasteiger partial charge in [-0.15, -0.1) is 0 Å². The van der Waals surface area contributed by atoms with Gasteiger partial charge >= 0.3 is 6.09 Å². The lowest BCUT2D eigenvalue weighted by Crippen LogP contribution is -2.61. The molecule has 3 rings (SSSR count). The number of carbonyl (C=O) groups excluding carboxylic acids is 2. The first-order valence-electron chi connectivity index (χ1n) is 10.1. The Balaban J connectivity index is 1.99. The molecular weight excluding hydrogens is 406 g/mol. The van der Waals surface area contributed by atoms with Gasteiger partial charge < -0.3 is 15.6 Å². The molecule has 1 atom stereocenters. The highest BCUT2D eigenvalue weighted by Gasteiger charge is 2.50. The Kier molecular flexibility index (Phi) is 5.67. The standard InChI is InChI=1S/C22H30ClN3O4/c1-20(2,3)30-19(28)25-16-11-21(4,14-7-6-8-15(24)18(14)23)12-17(27)26(16)13-9-22(5,29)10-13/h6-8,13,29H,9-12,24H2,1-5H3/t13?,21-,22?/m0/s1. The van der Waals surface area contributed by atoms with Crippen molar-refractivity contribution in [1.29, 1.82) is 0 Å². The van der Waals surface area contributed by atoms with Gasteiger partial charge in [-0.2, -0.15) is 4.99 Å². The molecule has 0 radical (unpaired) electrons. The van der Waals surface area contributed by atoms with Gasteiger partial charge in [-0.05, 0) is 52.2 Å². The van der Waals surface area contributed by atoms with Crippen LogP contribution in [0.4, 0.5) is 10.5 Å². The quantitative estimate of drug-likeness (QED) is 0.681. The Bertz CT molecular complexity index is 898. The zero-order chi connectivity index (χ0) is 22.5. The lowest BCUT2D eigenvalue weighted by Gasteiger charge is -2.50. The number of aliphatic hydroxyl groups is 1. The number of aliphatic imine (C=N–C) groups is 1. The molecule has 0 spiro atoms. The molecule has 30 heavy (non-hydrogen) atoms. The molecule has 3 N–H and O–H groups in total. The average Bonchev–Trinajstić information content (AvgIpc) is 2.53. The monoisotopic (exact) mass is 435 g/mol. The van der Waals surface area contributed by atoms with Crippen molar-refractivity contribution in [2.24, 2.45) is 4.99 Å². The summed E-state index contributed by atoms with van der Waals surface area (Å²) in [6.07, 6.45) is 0.635. The van der Waals surface area contributed by atoms with E-state index >= 15 is 0 Å². The van der Waals surface area contributed by atoms with E-state index in [0.29, 0.717) is 35.8 Å². The number of benzene rings is 1. The van der Waals surface area contributed by atoms with E-state index in [-0.39, 0.29) is 18.4 Å². The summed E-state index contributed by atoms with van der Waals surface area (Å²) in [6.45, 7) is 8.93. The highest BCUT2D eigenvalue weighted by molar-refractivity contribution is 6.34. The zero-order valence-electron chi connectivity index (χ0n) is 18.2. The fraction of sp³-hybridized carbons (Fsp3) is 0.591. The van der Waals surface area contributed by atoms with Crippen molar-refractivity contribution in [2.75, 3.05) is 5.73 Å². The summed E-state index contributed by atoms with van der Waals surface area (Å²) in [7, 11) is 0. The molecule has 1 saturated carbocycles. The number of amides is 2. The summed E-state index contributed by atoms with van der Waals surface area (Å²) in [4.78, 5) is 31.4. The molecule has 2 amide bonds. The second-order valence-corrected chi connectivity index (χ2v) is 10.3. The van der Waals surface area contributed by atoms with E-state index in [0.717, 1.165) is 5.56 Å². The zero-order valence-corrected chi connectivity index (χ0v) is 18.9. The number of rotatable bonds is 2. The second-order valence-electron chi connectivity index (χ2n) is 9.95. The van der Waals surface area contributed by atoms with Gasteiger partial charge in [0.2, 0.25) is 5.91 Å². The normalized spacial score (nSPS) is 30.9. The number of piperidine rings is 1. The first-order valence-corrected chi connectivity index (χ1v) is 10.5. The van der Waals surface area contributed by atoms with E-state index in [4.69, 9.17) is 22.1 Å². The summed E-state index contributed by atoms with van der Waals surface area (Å²) in [6, 6.07) is 5.15. The van der Waals surface area contributed by atoms with E-state index in [1.165, 1.54) is 0 Å². The van der Waals surface area contributed by atoms with Crippen LogP contribution in [0.2, 0.25) is 5.02 Å². The number of hydrogen-bond acceptors (Lipinski definition) is 5. The van der Waals surface area contributed by atoms with Crippen molar-refractivity contribution in [3.8, 4) is 0 Å². The Morgan fingerprint density at radius 2 is 1.93 bits per heavy atom. The first kappa shape index (κ1) is 22.6. The predicted molar refractivity (Wildman–Crippen MR) is 117 cm³/mol. The lowest BCUT2D eigenvalue weighted by atomic mass is 9.70. The molecule has 7 nitrogen and oxygen atoms in total. The van der Waals surface area contributed by atoms with Crippen LogP contribution in [-0.2, 0) is 14.9 Å². The van der Waals surface area contributed by atoms with Gasteiger partial charge in [-0.3, -0.25) is 9.69 Å².